The van der Waals surface area contributed by atoms with Crippen molar-refractivity contribution in [3.8, 4) is 0 Å². The Labute approximate surface area is 107 Å². The first-order valence-corrected chi connectivity index (χ1v) is 5.98. The molecule has 5 heteroatoms. The van der Waals surface area contributed by atoms with E-state index in [1.165, 1.54) is 4.90 Å². The van der Waals surface area contributed by atoms with Gasteiger partial charge in [0.25, 0.3) is 0 Å². The summed E-state index contributed by atoms with van der Waals surface area (Å²) in [6, 6.07) is 6.00. The Kier molecular flexibility index (Phi) is 4.45. The van der Waals surface area contributed by atoms with Crippen molar-refractivity contribution >= 4 is 29.0 Å². The van der Waals surface area contributed by atoms with E-state index in [2.05, 4.69) is 13.8 Å². The smallest absolute Gasteiger partial charge is 0.199 e. The van der Waals surface area contributed by atoms with E-state index in [4.69, 9.17) is 29.1 Å². The maximum absolute atomic E-state index is 7.60. The van der Waals surface area contributed by atoms with Crippen LogP contribution in [0, 0.1) is 5.41 Å². The van der Waals surface area contributed by atoms with Gasteiger partial charge in [0, 0.05) is 0 Å². The number of rotatable bonds is 3. The van der Waals surface area contributed by atoms with Crippen molar-refractivity contribution in [2.24, 2.45) is 11.5 Å². The van der Waals surface area contributed by atoms with E-state index in [0.717, 1.165) is 29.7 Å². The highest BCUT2D eigenvalue weighted by Crippen LogP contribution is 2.26. The minimum absolute atomic E-state index is 0.105. The summed E-state index contributed by atoms with van der Waals surface area (Å²) in [5.41, 5.74) is 14.3. The number of hydrogen-bond donors (Lipinski definition) is 3. The van der Waals surface area contributed by atoms with Crippen molar-refractivity contribution in [2.45, 2.75) is 26.7 Å². The molecule has 1 rings (SSSR count). The highest BCUT2D eigenvalue weighted by molar-refractivity contribution is 7.80. The second kappa shape index (κ2) is 5.63. The Balaban J connectivity index is 3.44. The molecular formula is C12H18N4S. The van der Waals surface area contributed by atoms with Crippen LogP contribution >= 0.6 is 12.2 Å². The molecule has 0 aliphatic carbocycles. The van der Waals surface area contributed by atoms with Gasteiger partial charge >= 0.3 is 0 Å². The second-order valence-corrected chi connectivity index (χ2v) is 4.11. The second-order valence-electron chi connectivity index (χ2n) is 3.69. The number of aryl methyl sites for hydroxylation is 2. The summed E-state index contributed by atoms with van der Waals surface area (Å²) >= 11 is 4.97. The third-order valence-corrected chi connectivity index (χ3v) is 2.83. The maximum Gasteiger partial charge on any atom is 0.199 e. The standard InChI is InChI=1S/C12H18N4S/c1-3-8-6-5-7-9(4-2)10(8)16(11(13)14)12(15)17/h5-7H,3-4H2,1-2H3,(H3,13,14)(H2,15,17). The molecular weight excluding hydrogens is 232 g/mol. The van der Waals surface area contributed by atoms with Gasteiger partial charge in [-0.1, -0.05) is 32.0 Å². The molecule has 0 fully saturated rings. The van der Waals surface area contributed by atoms with E-state index in [1.54, 1.807) is 0 Å². The number of anilines is 1. The lowest BCUT2D eigenvalue weighted by atomic mass is 10.0. The van der Waals surface area contributed by atoms with Crippen LogP contribution < -0.4 is 16.4 Å². The largest absolute Gasteiger partial charge is 0.376 e. The SMILES string of the molecule is CCc1cccc(CC)c1N(C(=N)N)C(N)=S. The molecule has 0 unspecified atom stereocenters. The minimum Gasteiger partial charge on any atom is -0.376 e. The van der Waals surface area contributed by atoms with Crippen molar-refractivity contribution < 1.29 is 0 Å². The predicted octanol–water partition coefficient (Wildman–Crippen LogP) is 1.75. The lowest BCUT2D eigenvalue weighted by molar-refractivity contribution is 1.07. The van der Waals surface area contributed by atoms with Gasteiger partial charge in [-0.05, 0) is 36.2 Å². The van der Waals surface area contributed by atoms with Crippen LogP contribution in [0.15, 0.2) is 18.2 Å². The molecule has 0 aliphatic heterocycles. The Bertz CT molecular complexity index is 406. The van der Waals surface area contributed by atoms with E-state index in [0.29, 0.717) is 0 Å². The Morgan fingerprint density at radius 3 is 2.00 bits per heavy atom. The van der Waals surface area contributed by atoms with E-state index in [1.807, 2.05) is 18.2 Å². The molecule has 0 saturated heterocycles. The van der Waals surface area contributed by atoms with E-state index in [9.17, 15) is 0 Å². The molecule has 0 heterocycles. The van der Waals surface area contributed by atoms with Gasteiger partial charge in [0.15, 0.2) is 11.1 Å². The molecule has 0 saturated carbocycles. The van der Waals surface area contributed by atoms with Gasteiger partial charge in [-0.25, -0.2) is 0 Å². The van der Waals surface area contributed by atoms with Crippen LogP contribution in [0.1, 0.15) is 25.0 Å². The number of guanidine groups is 1. The van der Waals surface area contributed by atoms with Gasteiger partial charge in [0.05, 0.1) is 5.69 Å². The Morgan fingerprint density at radius 1 is 1.24 bits per heavy atom. The maximum atomic E-state index is 7.60. The molecule has 17 heavy (non-hydrogen) atoms. The molecule has 0 aromatic heterocycles. The zero-order valence-electron chi connectivity index (χ0n) is 10.2. The third-order valence-electron chi connectivity index (χ3n) is 2.65. The van der Waals surface area contributed by atoms with Gasteiger partial charge in [0.1, 0.15) is 0 Å². The monoisotopic (exact) mass is 250 g/mol. The van der Waals surface area contributed by atoms with E-state index < -0.39 is 0 Å². The predicted molar refractivity (Wildman–Crippen MR) is 76.4 cm³/mol. The first-order valence-electron chi connectivity index (χ1n) is 5.57. The lowest BCUT2D eigenvalue weighted by Crippen LogP contribution is -2.45. The quantitative estimate of drug-likeness (QED) is 0.434. The fourth-order valence-electron chi connectivity index (χ4n) is 1.85. The topological polar surface area (TPSA) is 79.1 Å². The number of para-hydroxylation sites is 1. The van der Waals surface area contributed by atoms with Gasteiger partial charge in [-0.15, -0.1) is 0 Å². The Morgan fingerprint density at radius 2 is 1.71 bits per heavy atom. The number of nitrogens with zero attached hydrogens (tertiary/aromatic N) is 1. The molecule has 0 atom stereocenters. The average molecular weight is 250 g/mol. The van der Waals surface area contributed by atoms with Crippen molar-refractivity contribution in [1.82, 2.24) is 0 Å². The number of nitrogens with one attached hydrogen (secondary N) is 1. The van der Waals surface area contributed by atoms with Crippen molar-refractivity contribution in [2.75, 3.05) is 4.90 Å². The molecule has 0 radical (unpaired) electrons. The molecule has 92 valence electrons. The number of hydrogen-bond acceptors (Lipinski definition) is 2. The van der Waals surface area contributed by atoms with Crippen LogP contribution in [0.5, 0.6) is 0 Å². The first kappa shape index (κ1) is 13.4. The fourth-order valence-corrected chi connectivity index (χ4v) is 2.04. The van der Waals surface area contributed by atoms with Crippen LogP contribution in [0.4, 0.5) is 5.69 Å². The summed E-state index contributed by atoms with van der Waals surface area (Å²) in [6.07, 6.45) is 1.69. The van der Waals surface area contributed by atoms with Crippen LogP contribution in [-0.2, 0) is 12.8 Å². The van der Waals surface area contributed by atoms with Crippen LogP contribution in [0.2, 0.25) is 0 Å². The summed E-state index contributed by atoms with van der Waals surface area (Å²) in [7, 11) is 0. The number of nitrogens with two attached hydrogens (primary N) is 2. The summed E-state index contributed by atoms with van der Waals surface area (Å²) < 4.78 is 0. The highest BCUT2D eigenvalue weighted by Gasteiger charge is 2.18. The van der Waals surface area contributed by atoms with E-state index in [-0.39, 0.29) is 11.1 Å². The minimum atomic E-state index is -0.145. The van der Waals surface area contributed by atoms with Crippen molar-refractivity contribution in [3.05, 3.63) is 29.3 Å². The average Bonchev–Trinajstić information content (AvgIpc) is 2.28. The number of benzene rings is 1. The summed E-state index contributed by atoms with van der Waals surface area (Å²) in [5.74, 6) is -0.145. The van der Waals surface area contributed by atoms with Gasteiger partial charge in [-0.3, -0.25) is 10.3 Å². The van der Waals surface area contributed by atoms with Crippen LogP contribution in [0.3, 0.4) is 0 Å². The molecule has 0 spiro atoms. The third kappa shape index (κ3) is 2.74. The van der Waals surface area contributed by atoms with Crippen LogP contribution in [0.25, 0.3) is 0 Å². The van der Waals surface area contributed by atoms with Gasteiger partial charge < -0.3 is 11.5 Å². The molecule has 4 nitrogen and oxygen atoms in total. The number of thiocarbonyl (C=S) groups is 1. The molecule has 1 aromatic carbocycles. The summed E-state index contributed by atoms with van der Waals surface area (Å²) in [4.78, 5) is 1.42. The van der Waals surface area contributed by atoms with E-state index >= 15 is 0 Å². The zero-order valence-corrected chi connectivity index (χ0v) is 11.0. The van der Waals surface area contributed by atoms with Gasteiger partial charge in [0.2, 0.25) is 0 Å². The molecule has 0 bridgehead atoms. The zero-order chi connectivity index (χ0) is 13.0. The van der Waals surface area contributed by atoms with Crippen LogP contribution in [-0.4, -0.2) is 11.1 Å². The summed E-state index contributed by atoms with van der Waals surface area (Å²) in [6.45, 7) is 4.10. The molecule has 0 aliphatic rings. The summed E-state index contributed by atoms with van der Waals surface area (Å²) in [5, 5.41) is 7.70. The van der Waals surface area contributed by atoms with Crippen molar-refractivity contribution in [1.29, 1.82) is 5.41 Å². The Hall–Kier alpha value is -1.62. The molecule has 5 N–H and O–H groups in total. The van der Waals surface area contributed by atoms with Gasteiger partial charge in [-0.2, -0.15) is 0 Å². The fraction of sp³-hybridized carbons (Fsp3) is 0.333. The first-order chi connectivity index (χ1) is 8.02. The molecule has 0 amide bonds. The molecule has 1 aromatic rings. The normalized spacial score (nSPS) is 10.0. The van der Waals surface area contributed by atoms with Crippen molar-refractivity contribution in [3.63, 3.8) is 0 Å². The highest BCUT2D eigenvalue weighted by atomic mass is 32.1. The lowest BCUT2D eigenvalue weighted by Gasteiger charge is -2.25.